The van der Waals surface area contributed by atoms with Crippen molar-refractivity contribution in [2.75, 3.05) is 7.05 Å². The highest BCUT2D eigenvalue weighted by atomic mass is 32.2. The summed E-state index contributed by atoms with van der Waals surface area (Å²) in [5.41, 5.74) is 2.34. The van der Waals surface area contributed by atoms with E-state index in [9.17, 15) is 4.79 Å². The minimum atomic E-state index is -0.202. The highest BCUT2D eigenvalue weighted by Gasteiger charge is 2.22. The van der Waals surface area contributed by atoms with E-state index in [4.69, 9.17) is 0 Å². The van der Waals surface area contributed by atoms with Gasteiger partial charge in [-0.05, 0) is 31.9 Å². The minimum Gasteiger partial charge on any atom is -0.340 e. The van der Waals surface area contributed by atoms with Crippen molar-refractivity contribution in [3.8, 4) is 0 Å². The van der Waals surface area contributed by atoms with E-state index in [0.717, 1.165) is 20.8 Å². The van der Waals surface area contributed by atoms with Gasteiger partial charge in [0.15, 0.2) is 0 Å². The molecule has 0 saturated carbocycles. The van der Waals surface area contributed by atoms with Gasteiger partial charge in [0, 0.05) is 23.9 Å². The first-order chi connectivity index (χ1) is 12.0. The van der Waals surface area contributed by atoms with Crippen molar-refractivity contribution in [3.05, 3.63) is 52.7 Å². The van der Waals surface area contributed by atoms with Crippen LogP contribution in [0.4, 0.5) is 0 Å². The number of carbonyl (C=O) groups is 1. The number of aryl methyl sites for hydroxylation is 2. The molecule has 130 valence electrons. The topological polar surface area (TPSA) is 46.1 Å². The van der Waals surface area contributed by atoms with E-state index in [1.54, 1.807) is 22.6 Å². The summed E-state index contributed by atoms with van der Waals surface area (Å²) >= 11 is 3.19. The van der Waals surface area contributed by atoms with Crippen molar-refractivity contribution in [3.63, 3.8) is 0 Å². The normalized spacial score (nSPS) is 12.3. The van der Waals surface area contributed by atoms with Crippen molar-refractivity contribution in [2.24, 2.45) is 0 Å². The number of fused-ring (bicyclic) bond motifs is 1. The summed E-state index contributed by atoms with van der Waals surface area (Å²) in [7, 11) is 1.85. The number of hydrogen-bond acceptors (Lipinski definition) is 5. The Balaban J connectivity index is 1.75. The zero-order valence-electron chi connectivity index (χ0n) is 14.8. The second-order valence-corrected chi connectivity index (χ2v) is 8.61. The summed E-state index contributed by atoms with van der Waals surface area (Å²) in [5.74, 6) is 0.102. The van der Waals surface area contributed by atoms with E-state index in [1.165, 1.54) is 22.2 Å². The molecule has 0 N–H and O–H groups in total. The summed E-state index contributed by atoms with van der Waals surface area (Å²) < 4.78 is 0. The van der Waals surface area contributed by atoms with Crippen molar-refractivity contribution in [1.29, 1.82) is 0 Å². The van der Waals surface area contributed by atoms with Crippen molar-refractivity contribution < 1.29 is 4.79 Å². The summed E-state index contributed by atoms with van der Waals surface area (Å²) in [6.07, 6.45) is 1.59. The van der Waals surface area contributed by atoms with E-state index in [1.807, 2.05) is 44.3 Å². The highest BCUT2D eigenvalue weighted by molar-refractivity contribution is 8.00. The Labute approximate surface area is 156 Å². The largest absolute Gasteiger partial charge is 0.340 e. The van der Waals surface area contributed by atoms with Gasteiger partial charge in [0.25, 0.3) is 0 Å². The molecule has 0 spiro atoms. The maximum Gasteiger partial charge on any atom is 0.235 e. The van der Waals surface area contributed by atoms with Crippen LogP contribution in [0.5, 0.6) is 0 Å². The lowest BCUT2D eigenvalue weighted by molar-refractivity contribution is -0.129. The molecule has 2 heterocycles. The molecule has 0 fully saturated rings. The van der Waals surface area contributed by atoms with Gasteiger partial charge in [0.05, 0.1) is 5.25 Å². The van der Waals surface area contributed by atoms with Crippen LogP contribution in [-0.2, 0) is 11.3 Å². The molecule has 0 unspecified atom stereocenters. The molecule has 6 heteroatoms. The lowest BCUT2D eigenvalue weighted by Gasteiger charge is -2.21. The smallest absolute Gasteiger partial charge is 0.235 e. The zero-order chi connectivity index (χ0) is 18.0. The number of rotatable bonds is 5. The SMILES string of the molecule is Cc1sc2ncnc(S[C@@H](C)C(=O)N(C)Cc3ccccc3)c2c1C. The quantitative estimate of drug-likeness (QED) is 0.491. The second kappa shape index (κ2) is 7.54. The van der Waals surface area contributed by atoms with Crippen molar-refractivity contribution in [1.82, 2.24) is 14.9 Å². The fourth-order valence-electron chi connectivity index (χ4n) is 2.70. The molecule has 3 rings (SSSR count). The molecule has 3 aromatic rings. The zero-order valence-corrected chi connectivity index (χ0v) is 16.4. The van der Waals surface area contributed by atoms with E-state index < -0.39 is 0 Å². The van der Waals surface area contributed by atoms with Crippen LogP contribution in [-0.4, -0.2) is 33.1 Å². The third kappa shape index (κ3) is 3.85. The molecule has 1 aromatic carbocycles. The van der Waals surface area contributed by atoms with Gasteiger partial charge in [-0.3, -0.25) is 4.79 Å². The predicted octanol–water partition coefficient (Wildman–Crippen LogP) is 4.45. The molecule has 0 radical (unpaired) electrons. The summed E-state index contributed by atoms with van der Waals surface area (Å²) in [5, 5.41) is 1.77. The Bertz CT molecular complexity index is 892. The maximum absolute atomic E-state index is 12.7. The van der Waals surface area contributed by atoms with Crippen LogP contribution in [0.1, 0.15) is 22.9 Å². The van der Waals surface area contributed by atoms with E-state index >= 15 is 0 Å². The molecule has 1 atom stereocenters. The predicted molar refractivity (Wildman–Crippen MR) is 105 cm³/mol. The number of amides is 1. The molecular formula is C19H21N3OS2. The highest BCUT2D eigenvalue weighted by Crippen LogP contribution is 2.36. The summed E-state index contributed by atoms with van der Waals surface area (Å²) in [6, 6.07) is 10.0. The van der Waals surface area contributed by atoms with Crippen LogP contribution >= 0.6 is 23.1 Å². The first kappa shape index (κ1) is 17.9. The van der Waals surface area contributed by atoms with Gasteiger partial charge in [0.2, 0.25) is 5.91 Å². The Morgan fingerprint density at radius 2 is 1.96 bits per heavy atom. The molecule has 0 saturated heterocycles. The molecule has 0 aliphatic heterocycles. The van der Waals surface area contributed by atoms with Gasteiger partial charge < -0.3 is 4.90 Å². The van der Waals surface area contributed by atoms with Gasteiger partial charge in [-0.2, -0.15) is 0 Å². The first-order valence-electron chi connectivity index (χ1n) is 8.13. The summed E-state index contributed by atoms with van der Waals surface area (Å²) in [4.78, 5) is 25.6. The van der Waals surface area contributed by atoms with Crippen LogP contribution in [0.2, 0.25) is 0 Å². The average Bonchev–Trinajstić information content (AvgIpc) is 2.90. The Morgan fingerprint density at radius 3 is 2.68 bits per heavy atom. The molecule has 2 aromatic heterocycles. The Morgan fingerprint density at radius 1 is 1.24 bits per heavy atom. The third-order valence-corrected chi connectivity index (χ3v) is 6.41. The maximum atomic E-state index is 12.7. The van der Waals surface area contributed by atoms with Gasteiger partial charge in [-0.25, -0.2) is 9.97 Å². The first-order valence-corrected chi connectivity index (χ1v) is 9.83. The number of thioether (sulfide) groups is 1. The number of aromatic nitrogens is 2. The van der Waals surface area contributed by atoms with E-state index in [0.29, 0.717) is 6.54 Å². The fraction of sp³-hybridized carbons (Fsp3) is 0.316. The van der Waals surface area contributed by atoms with Crippen molar-refractivity contribution >= 4 is 39.2 Å². The van der Waals surface area contributed by atoms with Crippen LogP contribution < -0.4 is 0 Å². The lowest BCUT2D eigenvalue weighted by atomic mass is 10.2. The van der Waals surface area contributed by atoms with Crippen LogP contribution in [0, 0.1) is 13.8 Å². The second-order valence-electron chi connectivity index (χ2n) is 6.08. The number of nitrogens with zero attached hydrogens (tertiary/aromatic N) is 3. The molecule has 25 heavy (non-hydrogen) atoms. The Kier molecular flexibility index (Phi) is 5.39. The van der Waals surface area contributed by atoms with Crippen LogP contribution in [0.15, 0.2) is 41.7 Å². The standard InChI is InChI=1S/C19H21N3OS2/c1-12-13(2)24-17-16(12)18(21-11-20-17)25-14(3)19(23)22(4)10-15-8-6-5-7-9-15/h5-9,11,14H,10H2,1-4H3/t14-/m0/s1. The van der Waals surface area contributed by atoms with E-state index in [2.05, 4.69) is 23.8 Å². The average molecular weight is 372 g/mol. The number of hydrogen-bond donors (Lipinski definition) is 0. The molecule has 0 bridgehead atoms. The molecule has 0 aliphatic carbocycles. The van der Waals surface area contributed by atoms with Crippen molar-refractivity contribution in [2.45, 2.75) is 37.6 Å². The van der Waals surface area contributed by atoms with Gasteiger partial charge >= 0.3 is 0 Å². The van der Waals surface area contributed by atoms with Gasteiger partial charge in [-0.15, -0.1) is 11.3 Å². The lowest BCUT2D eigenvalue weighted by Crippen LogP contribution is -2.32. The molecule has 0 aliphatic rings. The number of benzene rings is 1. The van der Waals surface area contributed by atoms with Gasteiger partial charge in [0.1, 0.15) is 16.2 Å². The minimum absolute atomic E-state index is 0.102. The molecule has 4 nitrogen and oxygen atoms in total. The molecule has 1 amide bonds. The van der Waals surface area contributed by atoms with E-state index in [-0.39, 0.29) is 11.2 Å². The molecular weight excluding hydrogens is 350 g/mol. The monoisotopic (exact) mass is 371 g/mol. The number of thiophene rings is 1. The Hall–Kier alpha value is -1.92. The van der Waals surface area contributed by atoms with Gasteiger partial charge in [-0.1, -0.05) is 42.1 Å². The van der Waals surface area contributed by atoms with Crippen LogP contribution in [0.3, 0.4) is 0 Å². The third-order valence-electron chi connectivity index (χ3n) is 4.21. The summed E-state index contributed by atoms with van der Waals surface area (Å²) in [6.45, 7) is 6.74. The fourth-order valence-corrected chi connectivity index (χ4v) is 4.86. The van der Waals surface area contributed by atoms with Crippen LogP contribution in [0.25, 0.3) is 10.2 Å². The number of carbonyl (C=O) groups excluding carboxylic acids is 1.